The van der Waals surface area contributed by atoms with Gasteiger partial charge in [-0.05, 0) is 37.1 Å². The molecular formula is C23H28N7O4S-. The van der Waals surface area contributed by atoms with Crippen molar-refractivity contribution in [2.45, 2.75) is 31.8 Å². The minimum Gasteiger partial charge on any atom is -0.543 e. The number of aromatic nitrogens is 5. The molecule has 35 heavy (non-hydrogen) atoms. The molecule has 0 saturated carbocycles. The highest BCUT2D eigenvalue weighted by molar-refractivity contribution is 7.99. The molecule has 1 fully saturated rings. The molecular weight excluding hydrogens is 470 g/mol. The van der Waals surface area contributed by atoms with E-state index in [1.54, 1.807) is 29.1 Å². The topological polar surface area (TPSA) is 153 Å². The Hall–Kier alpha value is -3.22. The fraction of sp³-hybridized carbons (Fsp3) is 0.435. The molecule has 1 saturated heterocycles. The third kappa shape index (κ3) is 6.47. The van der Waals surface area contributed by atoms with Gasteiger partial charge in [-0.25, -0.2) is 4.98 Å². The van der Waals surface area contributed by atoms with Crippen LogP contribution in [0.1, 0.15) is 46.3 Å². The first-order valence-corrected chi connectivity index (χ1v) is 12.7. The van der Waals surface area contributed by atoms with Gasteiger partial charge in [-0.3, -0.25) is 14.2 Å². The van der Waals surface area contributed by atoms with Crippen molar-refractivity contribution >= 4 is 29.3 Å². The van der Waals surface area contributed by atoms with E-state index in [1.807, 2.05) is 22.6 Å². The Morgan fingerprint density at radius 2 is 2.06 bits per heavy atom. The number of aryl methyl sites for hydroxylation is 1. The molecule has 0 atom stereocenters. The van der Waals surface area contributed by atoms with Crippen LogP contribution in [-0.2, 0) is 11.3 Å². The molecule has 12 heteroatoms. The summed E-state index contributed by atoms with van der Waals surface area (Å²) in [7, 11) is 0. The van der Waals surface area contributed by atoms with E-state index in [0.29, 0.717) is 38.3 Å². The molecule has 4 rings (SSSR count). The summed E-state index contributed by atoms with van der Waals surface area (Å²) >= 11 is 1.82. The van der Waals surface area contributed by atoms with Crippen LogP contribution in [0.2, 0.25) is 0 Å². The average molecular weight is 499 g/mol. The number of carboxylic acid groups (broad SMARTS) is 1. The second-order valence-electron chi connectivity index (χ2n) is 8.11. The molecule has 0 bridgehead atoms. The maximum absolute atomic E-state index is 12.9. The van der Waals surface area contributed by atoms with E-state index in [9.17, 15) is 14.7 Å². The molecule has 1 aliphatic rings. The van der Waals surface area contributed by atoms with Gasteiger partial charge in [-0.2, -0.15) is 22.0 Å². The second-order valence-corrected chi connectivity index (χ2v) is 9.34. The van der Waals surface area contributed by atoms with E-state index in [0.717, 1.165) is 30.0 Å². The van der Waals surface area contributed by atoms with Crippen molar-refractivity contribution in [2.24, 2.45) is 5.73 Å². The highest BCUT2D eigenvalue weighted by Crippen LogP contribution is 2.24. The SMILES string of the molecule is NCCSCCCn1cc(-c2cccc(C(=O)Nc3cn(C4CCOCC4)nc3C(=O)[O-])n2)cn1. The Kier molecular flexibility index (Phi) is 8.50. The number of thioether (sulfide) groups is 1. The Bertz CT molecular complexity index is 1160. The van der Waals surface area contributed by atoms with Crippen LogP contribution in [0.4, 0.5) is 5.69 Å². The van der Waals surface area contributed by atoms with Gasteiger partial charge in [0.25, 0.3) is 5.91 Å². The zero-order valence-electron chi connectivity index (χ0n) is 19.3. The zero-order chi connectivity index (χ0) is 24.6. The number of anilines is 1. The lowest BCUT2D eigenvalue weighted by atomic mass is 10.1. The van der Waals surface area contributed by atoms with Crippen LogP contribution in [-0.4, -0.2) is 67.7 Å². The molecule has 11 nitrogen and oxygen atoms in total. The van der Waals surface area contributed by atoms with Gasteiger partial charge in [0.15, 0.2) is 0 Å². The molecule has 1 amide bonds. The molecule has 0 aromatic carbocycles. The number of nitrogens with one attached hydrogen (secondary N) is 1. The number of hydrogen-bond donors (Lipinski definition) is 2. The van der Waals surface area contributed by atoms with Gasteiger partial charge < -0.3 is 25.7 Å². The Balaban J connectivity index is 1.44. The first kappa shape index (κ1) is 24.9. The summed E-state index contributed by atoms with van der Waals surface area (Å²) in [5, 5.41) is 22.8. The molecule has 0 spiro atoms. The maximum atomic E-state index is 12.9. The Labute approximate surface area is 207 Å². The summed E-state index contributed by atoms with van der Waals surface area (Å²) in [6, 6.07) is 5.10. The van der Waals surface area contributed by atoms with E-state index >= 15 is 0 Å². The third-order valence-electron chi connectivity index (χ3n) is 5.59. The van der Waals surface area contributed by atoms with Gasteiger partial charge >= 0.3 is 0 Å². The predicted octanol–water partition coefficient (Wildman–Crippen LogP) is 1.19. The minimum absolute atomic E-state index is 0.00440. The van der Waals surface area contributed by atoms with Crippen LogP contribution in [0.15, 0.2) is 36.8 Å². The van der Waals surface area contributed by atoms with Crippen LogP contribution in [0, 0.1) is 0 Å². The molecule has 0 unspecified atom stereocenters. The van der Waals surface area contributed by atoms with Crippen molar-refractivity contribution in [1.82, 2.24) is 24.5 Å². The number of carbonyl (C=O) groups is 2. The van der Waals surface area contributed by atoms with Crippen LogP contribution < -0.4 is 16.2 Å². The van der Waals surface area contributed by atoms with Crippen LogP contribution in [0.25, 0.3) is 11.3 Å². The summed E-state index contributed by atoms with van der Waals surface area (Å²) in [6.45, 7) is 2.61. The van der Waals surface area contributed by atoms with Crippen molar-refractivity contribution < 1.29 is 19.4 Å². The number of carbonyl (C=O) groups excluding carboxylic acids is 2. The van der Waals surface area contributed by atoms with E-state index in [2.05, 4.69) is 20.5 Å². The zero-order valence-corrected chi connectivity index (χ0v) is 20.1. The molecule has 0 aliphatic carbocycles. The molecule has 0 radical (unpaired) electrons. The quantitative estimate of drug-likeness (QED) is 0.371. The molecule has 3 aromatic heterocycles. The van der Waals surface area contributed by atoms with Gasteiger partial charge in [0.1, 0.15) is 11.4 Å². The number of nitrogens with two attached hydrogens (primary N) is 1. The van der Waals surface area contributed by atoms with E-state index in [-0.39, 0.29) is 23.1 Å². The molecule has 3 N–H and O–H groups in total. The van der Waals surface area contributed by atoms with Crippen molar-refractivity contribution in [2.75, 3.05) is 36.6 Å². The highest BCUT2D eigenvalue weighted by Gasteiger charge is 2.21. The number of carboxylic acids is 1. The standard InChI is InChI=1S/C23H29N7O4S/c24-7-12-35-11-2-8-29-14-16(13-25-29)18-3-1-4-19(26-18)22(31)27-20-15-30(28-21(20)23(32)33)17-5-9-34-10-6-17/h1,3-4,13-15,17H,2,5-12,24H2,(H,27,31)(H,32,33)/p-1. The summed E-state index contributed by atoms with van der Waals surface area (Å²) in [5.74, 6) is -0.0322. The van der Waals surface area contributed by atoms with Crippen molar-refractivity contribution in [3.8, 4) is 11.3 Å². The largest absolute Gasteiger partial charge is 0.543 e. The molecule has 3 aromatic rings. The molecule has 4 heterocycles. The lowest BCUT2D eigenvalue weighted by Gasteiger charge is -2.22. The van der Waals surface area contributed by atoms with E-state index < -0.39 is 11.9 Å². The third-order valence-corrected chi connectivity index (χ3v) is 6.69. The van der Waals surface area contributed by atoms with Gasteiger partial charge in [-0.15, -0.1) is 0 Å². The fourth-order valence-electron chi connectivity index (χ4n) is 3.81. The monoisotopic (exact) mass is 498 g/mol. The van der Waals surface area contributed by atoms with Crippen molar-refractivity contribution in [1.29, 1.82) is 0 Å². The van der Waals surface area contributed by atoms with Crippen molar-refractivity contribution in [3.05, 3.63) is 48.2 Å². The lowest BCUT2D eigenvalue weighted by molar-refractivity contribution is -0.255. The van der Waals surface area contributed by atoms with Gasteiger partial charge in [0, 0.05) is 50.0 Å². The number of nitrogens with zero attached hydrogens (tertiary/aromatic N) is 5. The Morgan fingerprint density at radius 1 is 1.23 bits per heavy atom. The summed E-state index contributed by atoms with van der Waals surface area (Å²) in [5.41, 5.74) is 6.81. The van der Waals surface area contributed by atoms with Crippen molar-refractivity contribution in [3.63, 3.8) is 0 Å². The van der Waals surface area contributed by atoms with E-state index in [4.69, 9.17) is 10.5 Å². The maximum Gasteiger partial charge on any atom is 0.274 e. The van der Waals surface area contributed by atoms with Crippen LogP contribution in [0.3, 0.4) is 0 Å². The van der Waals surface area contributed by atoms with Gasteiger partial charge in [-0.1, -0.05) is 6.07 Å². The number of pyridine rings is 1. The first-order chi connectivity index (χ1) is 17.0. The predicted molar refractivity (Wildman–Crippen MR) is 130 cm³/mol. The molecule has 1 aliphatic heterocycles. The number of hydrogen-bond acceptors (Lipinski definition) is 9. The number of rotatable bonds is 11. The lowest BCUT2D eigenvalue weighted by Crippen LogP contribution is -2.26. The van der Waals surface area contributed by atoms with Gasteiger partial charge in [0.2, 0.25) is 0 Å². The number of amides is 1. The van der Waals surface area contributed by atoms with E-state index in [1.165, 1.54) is 6.20 Å². The van der Waals surface area contributed by atoms with Gasteiger partial charge in [0.05, 0.1) is 29.6 Å². The summed E-state index contributed by atoms with van der Waals surface area (Å²) in [6.07, 6.45) is 7.53. The second kappa shape index (κ2) is 12.0. The first-order valence-electron chi connectivity index (χ1n) is 11.5. The smallest absolute Gasteiger partial charge is 0.274 e. The average Bonchev–Trinajstić information content (AvgIpc) is 3.52. The fourth-order valence-corrected chi connectivity index (χ4v) is 4.52. The normalized spacial score (nSPS) is 14.2. The van der Waals surface area contributed by atoms with Crippen LogP contribution in [0.5, 0.6) is 0 Å². The summed E-state index contributed by atoms with van der Waals surface area (Å²) in [4.78, 5) is 29.0. The highest BCUT2D eigenvalue weighted by atomic mass is 32.2. The molecule has 186 valence electrons. The van der Waals surface area contributed by atoms with Crippen LogP contribution >= 0.6 is 11.8 Å². The Morgan fingerprint density at radius 3 is 2.83 bits per heavy atom. The number of aromatic carboxylic acids is 1. The summed E-state index contributed by atoms with van der Waals surface area (Å²) < 4.78 is 8.77. The minimum atomic E-state index is -1.46. The number of ether oxygens (including phenoxy) is 1.